The van der Waals surface area contributed by atoms with Crippen LogP contribution < -0.4 is 20.1 Å². The number of hydrogen-bond acceptors (Lipinski definition) is 7. The number of carbonyl (C=O) groups is 1. The van der Waals surface area contributed by atoms with E-state index in [-0.39, 0.29) is 5.91 Å². The number of methoxy groups -OCH3 is 1. The lowest BCUT2D eigenvalue weighted by atomic mass is 9.95. The minimum Gasteiger partial charge on any atom is -0.495 e. The van der Waals surface area contributed by atoms with Crippen molar-refractivity contribution in [3.8, 4) is 11.5 Å². The second kappa shape index (κ2) is 9.68. The summed E-state index contributed by atoms with van der Waals surface area (Å²) in [5.41, 5.74) is 3.66. The number of amides is 1. The Balaban J connectivity index is 1.43. The quantitative estimate of drug-likeness (QED) is 0.419. The number of aromatic nitrogens is 4. The van der Waals surface area contributed by atoms with Crippen LogP contribution in [0, 0.1) is 0 Å². The molecule has 35 heavy (non-hydrogen) atoms. The van der Waals surface area contributed by atoms with Crippen molar-refractivity contribution < 1.29 is 14.3 Å². The van der Waals surface area contributed by atoms with E-state index in [0.717, 1.165) is 16.9 Å². The number of fused-ring (bicyclic) bond motifs is 1. The van der Waals surface area contributed by atoms with Crippen molar-refractivity contribution in [1.82, 2.24) is 20.2 Å². The highest BCUT2D eigenvalue weighted by molar-refractivity contribution is 6.06. The Morgan fingerprint density at radius 3 is 2.54 bits per heavy atom. The molecular weight excluding hydrogens is 444 g/mol. The maximum atomic E-state index is 13.5. The van der Waals surface area contributed by atoms with Crippen LogP contribution in [-0.2, 0) is 11.4 Å². The lowest BCUT2D eigenvalue weighted by Gasteiger charge is -2.28. The zero-order valence-electron chi connectivity index (χ0n) is 19.3. The minimum atomic E-state index is -0.529. The van der Waals surface area contributed by atoms with Crippen molar-refractivity contribution in [3.63, 3.8) is 0 Å². The molecule has 9 heteroatoms. The number of anilines is 2. The van der Waals surface area contributed by atoms with Gasteiger partial charge in [-0.25, -0.2) is 0 Å². The second-order valence-corrected chi connectivity index (χ2v) is 8.01. The van der Waals surface area contributed by atoms with Crippen LogP contribution in [0.2, 0.25) is 0 Å². The molecule has 0 radical (unpaired) electrons. The van der Waals surface area contributed by atoms with E-state index < -0.39 is 6.04 Å². The molecule has 1 amide bonds. The molecule has 0 spiro atoms. The normalized spacial score (nSPS) is 14.6. The number of benzene rings is 3. The van der Waals surface area contributed by atoms with E-state index in [0.29, 0.717) is 35.3 Å². The molecule has 9 nitrogen and oxygen atoms in total. The van der Waals surface area contributed by atoms with Crippen LogP contribution in [0.4, 0.5) is 11.6 Å². The molecule has 5 rings (SSSR count). The average Bonchev–Trinajstić information content (AvgIpc) is 3.36. The monoisotopic (exact) mass is 468 g/mol. The molecule has 1 aromatic heterocycles. The summed E-state index contributed by atoms with van der Waals surface area (Å²) in [4.78, 5) is 13.5. The van der Waals surface area contributed by atoms with Crippen LogP contribution in [0.3, 0.4) is 0 Å². The fourth-order valence-corrected chi connectivity index (χ4v) is 4.04. The van der Waals surface area contributed by atoms with Gasteiger partial charge in [-0.1, -0.05) is 59.7 Å². The lowest BCUT2D eigenvalue weighted by molar-refractivity contribution is -0.113. The molecule has 176 valence electrons. The number of para-hydroxylation sites is 2. The SMILES string of the molecule is COc1ccccc1NC(=O)C1=C(C)Nc2nnnn2[C@@H]1c1ccc(OCc2ccccc2)cc1. The summed E-state index contributed by atoms with van der Waals surface area (Å²) in [5.74, 6) is 1.48. The number of hydrogen-bond donors (Lipinski definition) is 2. The standard InChI is InChI=1S/C26H24N6O3/c1-17-23(25(33)28-21-10-6-7-11-22(21)34-2)24(32-26(27-17)29-30-31-32)19-12-14-20(15-13-19)35-16-18-8-4-3-5-9-18/h3-15,24H,16H2,1-2H3,(H,28,33)(H,27,29,31)/t24-/m1/s1. The summed E-state index contributed by atoms with van der Waals surface area (Å²) in [6, 6.07) is 24.3. The highest BCUT2D eigenvalue weighted by atomic mass is 16.5. The van der Waals surface area contributed by atoms with Gasteiger partial charge in [-0.3, -0.25) is 4.79 Å². The summed E-state index contributed by atoms with van der Waals surface area (Å²) >= 11 is 0. The van der Waals surface area contributed by atoms with Crippen molar-refractivity contribution in [2.75, 3.05) is 17.7 Å². The fourth-order valence-electron chi connectivity index (χ4n) is 4.04. The second-order valence-electron chi connectivity index (χ2n) is 8.01. The van der Waals surface area contributed by atoms with Gasteiger partial charge in [0.05, 0.1) is 18.4 Å². The summed E-state index contributed by atoms with van der Waals surface area (Å²) in [6.45, 7) is 2.30. The van der Waals surface area contributed by atoms with Gasteiger partial charge in [-0.15, -0.1) is 0 Å². The van der Waals surface area contributed by atoms with Gasteiger partial charge in [0, 0.05) is 5.70 Å². The third-order valence-electron chi connectivity index (χ3n) is 5.76. The molecular formula is C26H24N6O3. The zero-order chi connectivity index (χ0) is 24.2. The van der Waals surface area contributed by atoms with Crippen molar-refractivity contribution in [2.24, 2.45) is 0 Å². The highest BCUT2D eigenvalue weighted by Crippen LogP contribution is 2.36. The molecule has 4 aromatic rings. The molecule has 3 aromatic carbocycles. The summed E-state index contributed by atoms with van der Waals surface area (Å²) in [6.07, 6.45) is 0. The van der Waals surface area contributed by atoms with Crippen molar-refractivity contribution >= 4 is 17.5 Å². The zero-order valence-corrected chi connectivity index (χ0v) is 19.3. The van der Waals surface area contributed by atoms with E-state index in [9.17, 15) is 4.79 Å². The van der Waals surface area contributed by atoms with E-state index >= 15 is 0 Å². The third-order valence-corrected chi connectivity index (χ3v) is 5.76. The Hall–Kier alpha value is -4.66. The number of nitrogens with zero attached hydrogens (tertiary/aromatic N) is 4. The number of ether oxygens (including phenoxy) is 2. The van der Waals surface area contributed by atoms with Gasteiger partial charge in [0.15, 0.2) is 0 Å². The van der Waals surface area contributed by atoms with Crippen LogP contribution in [0.5, 0.6) is 11.5 Å². The Bertz CT molecular complexity index is 1370. The molecule has 1 aliphatic rings. The van der Waals surface area contributed by atoms with Gasteiger partial charge >= 0.3 is 0 Å². The van der Waals surface area contributed by atoms with E-state index in [1.54, 1.807) is 23.9 Å². The van der Waals surface area contributed by atoms with Crippen LogP contribution in [-0.4, -0.2) is 33.2 Å². The van der Waals surface area contributed by atoms with Crippen molar-refractivity contribution in [2.45, 2.75) is 19.6 Å². The first-order chi connectivity index (χ1) is 17.1. The molecule has 0 bridgehead atoms. The average molecular weight is 469 g/mol. The molecule has 0 aliphatic carbocycles. The topological polar surface area (TPSA) is 103 Å². The predicted octanol–water partition coefficient (Wildman–Crippen LogP) is 4.19. The summed E-state index contributed by atoms with van der Waals surface area (Å²) in [7, 11) is 1.56. The van der Waals surface area contributed by atoms with E-state index in [2.05, 4.69) is 26.2 Å². The molecule has 0 fully saturated rings. The van der Waals surface area contributed by atoms with Crippen molar-refractivity contribution in [3.05, 3.63) is 101 Å². The number of tetrazole rings is 1. The van der Waals surface area contributed by atoms with Gasteiger partial charge in [0.25, 0.3) is 5.91 Å². The number of allylic oxidation sites excluding steroid dienone is 1. The molecule has 1 atom stereocenters. The van der Waals surface area contributed by atoms with Crippen LogP contribution in [0.15, 0.2) is 90.1 Å². The largest absolute Gasteiger partial charge is 0.495 e. The highest BCUT2D eigenvalue weighted by Gasteiger charge is 2.34. The lowest BCUT2D eigenvalue weighted by Crippen LogP contribution is -2.31. The first-order valence-corrected chi connectivity index (χ1v) is 11.1. The third kappa shape index (κ3) is 4.56. The number of nitrogens with one attached hydrogen (secondary N) is 2. The Morgan fingerprint density at radius 2 is 1.77 bits per heavy atom. The Morgan fingerprint density at radius 1 is 1.03 bits per heavy atom. The van der Waals surface area contributed by atoms with Crippen LogP contribution in [0.1, 0.15) is 24.1 Å². The molecule has 2 N–H and O–H groups in total. The predicted molar refractivity (Wildman–Crippen MR) is 131 cm³/mol. The fraction of sp³-hybridized carbons (Fsp3) is 0.154. The van der Waals surface area contributed by atoms with E-state index in [4.69, 9.17) is 9.47 Å². The van der Waals surface area contributed by atoms with Gasteiger partial charge in [0.1, 0.15) is 24.1 Å². The molecule has 0 saturated carbocycles. The van der Waals surface area contributed by atoms with Gasteiger partial charge in [0.2, 0.25) is 5.95 Å². The molecule has 0 unspecified atom stereocenters. The van der Waals surface area contributed by atoms with Gasteiger partial charge < -0.3 is 20.1 Å². The minimum absolute atomic E-state index is 0.282. The molecule has 1 aliphatic heterocycles. The maximum Gasteiger partial charge on any atom is 0.255 e. The van der Waals surface area contributed by atoms with Gasteiger partial charge in [-0.2, -0.15) is 4.68 Å². The van der Waals surface area contributed by atoms with Gasteiger partial charge in [-0.05, 0) is 52.7 Å². The summed E-state index contributed by atoms with van der Waals surface area (Å²) in [5, 5.41) is 18.1. The summed E-state index contributed by atoms with van der Waals surface area (Å²) < 4.78 is 12.9. The molecule has 0 saturated heterocycles. The smallest absolute Gasteiger partial charge is 0.255 e. The maximum absolute atomic E-state index is 13.5. The first-order valence-electron chi connectivity index (χ1n) is 11.1. The van der Waals surface area contributed by atoms with Crippen LogP contribution in [0.25, 0.3) is 0 Å². The van der Waals surface area contributed by atoms with Crippen molar-refractivity contribution in [1.29, 1.82) is 0 Å². The number of rotatable bonds is 7. The molecule has 2 heterocycles. The number of carbonyl (C=O) groups excluding carboxylic acids is 1. The Kier molecular flexibility index (Phi) is 6.13. The Labute approximate surface area is 202 Å². The van der Waals surface area contributed by atoms with E-state index in [1.165, 1.54) is 0 Å². The van der Waals surface area contributed by atoms with E-state index in [1.807, 2.05) is 73.7 Å². The first kappa shape index (κ1) is 22.1. The van der Waals surface area contributed by atoms with Crippen LogP contribution >= 0.6 is 0 Å².